The molecule has 116 valence electrons. The van der Waals surface area contributed by atoms with Gasteiger partial charge < -0.3 is 10.1 Å². The molecule has 1 aliphatic rings. The molecule has 0 atom stereocenters. The van der Waals surface area contributed by atoms with Crippen LogP contribution in [0.4, 0.5) is 5.69 Å². The van der Waals surface area contributed by atoms with Crippen molar-refractivity contribution in [2.75, 3.05) is 6.61 Å². The van der Waals surface area contributed by atoms with E-state index < -0.39 is 0 Å². The lowest BCUT2D eigenvalue weighted by Crippen LogP contribution is -2.35. The van der Waals surface area contributed by atoms with Gasteiger partial charge in [-0.15, -0.1) is 0 Å². The van der Waals surface area contributed by atoms with Gasteiger partial charge in [-0.1, -0.05) is 18.9 Å². The lowest BCUT2D eigenvalue weighted by atomic mass is 10.1. The van der Waals surface area contributed by atoms with E-state index in [0.717, 1.165) is 17.9 Å². The largest absolute Gasteiger partial charge is 0.487 e. The number of ether oxygens (including phenoxy) is 1. The number of hydrogen-bond donors (Lipinski definition) is 1. The highest BCUT2D eigenvalue weighted by atomic mass is 16.6. The molecule has 0 aromatic heterocycles. The van der Waals surface area contributed by atoms with Crippen molar-refractivity contribution in [2.24, 2.45) is 5.92 Å². The maximum Gasteiger partial charge on any atom is 0.311 e. The minimum atomic E-state index is -0.368. The molecular weight excluding hydrogens is 268 g/mol. The lowest BCUT2D eigenvalue weighted by molar-refractivity contribution is -0.385. The SMILES string of the molecule is CC(C)(C)NCc1ccc(OCCC2CC2)c([N+](=O)[O-])c1. The van der Waals surface area contributed by atoms with E-state index in [9.17, 15) is 10.1 Å². The minimum absolute atomic E-state index is 0.0196. The summed E-state index contributed by atoms with van der Waals surface area (Å²) in [4.78, 5) is 10.8. The quantitative estimate of drug-likeness (QED) is 0.615. The molecule has 5 heteroatoms. The summed E-state index contributed by atoms with van der Waals surface area (Å²) in [6, 6.07) is 5.20. The number of nitro benzene ring substituents is 1. The molecule has 0 radical (unpaired) electrons. The first-order valence-corrected chi connectivity index (χ1v) is 7.50. The molecule has 0 bridgehead atoms. The van der Waals surface area contributed by atoms with Gasteiger partial charge in [0.2, 0.25) is 0 Å². The fourth-order valence-corrected chi connectivity index (χ4v) is 2.05. The van der Waals surface area contributed by atoms with Crippen molar-refractivity contribution < 1.29 is 9.66 Å². The minimum Gasteiger partial charge on any atom is -0.487 e. The second-order valence-electron chi connectivity index (χ2n) is 6.74. The third kappa shape index (κ3) is 5.34. The normalized spacial score (nSPS) is 15.0. The van der Waals surface area contributed by atoms with Gasteiger partial charge >= 0.3 is 5.69 Å². The molecule has 1 saturated carbocycles. The molecule has 1 N–H and O–H groups in total. The maximum atomic E-state index is 11.2. The molecule has 1 aliphatic carbocycles. The monoisotopic (exact) mass is 292 g/mol. The smallest absolute Gasteiger partial charge is 0.311 e. The first-order valence-electron chi connectivity index (χ1n) is 7.50. The number of nitrogens with one attached hydrogen (secondary N) is 1. The van der Waals surface area contributed by atoms with Crippen molar-refractivity contribution in [3.8, 4) is 5.75 Å². The van der Waals surface area contributed by atoms with Crippen LogP contribution in [0.25, 0.3) is 0 Å². The predicted octanol–water partition coefficient (Wildman–Crippen LogP) is 3.66. The van der Waals surface area contributed by atoms with Gasteiger partial charge in [0.05, 0.1) is 11.5 Å². The Balaban J connectivity index is 2.01. The lowest BCUT2D eigenvalue weighted by Gasteiger charge is -2.20. The molecule has 1 fully saturated rings. The average Bonchev–Trinajstić information content (AvgIpc) is 3.20. The van der Waals surface area contributed by atoms with Crippen LogP contribution >= 0.6 is 0 Å². The zero-order valence-electron chi connectivity index (χ0n) is 13.0. The highest BCUT2D eigenvalue weighted by Gasteiger charge is 2.22. The number of benzene rings is 1. The van der Waals surface area contributed by atoms with Crippen molar-refractivity contribution in [3.63, 3.8) is 0 Å². The van der Waals surface area contributed by atoms with Gasteiger partial charge in [-0.25, -0.2) is 0 Å². The van der Waals surface area contributed by atoms with Gasteiger partial charge in [0.25, 0.3) is 0 Å². The Morgan fingerprint density at radius 1 is 1.38 bits per heavy atom. The fourth-order valence-electron chi connectivity index (χ4n) is 2.05. The maximum absolute atomic E-state index is 11.2. The third-order valence-corrected chi connectivity index (χ3v) is 3.52. The molecule has 21 heavy (non-hydrogen) atoms. The molecule has 0 aliphatic heterocycles. The third-order valence-electron chi connectivity index (χ3n) is 3.52. The molecule has 0 saturated heterocycles. The first-order chi connectivity index (χ1) is 9.85. The van der Waals surface area contributed by atoms with E-state index in [2.05, 4.69) is 26.1 Å². The number of rotatable bonds is 7. The number of nitrogens with zero attached hydrogens (tertiary/aromatic N) is 1. The molecule has 1 aromatic rings. The van der Waals surface area contributed by atoms with Crippen molar-refractivity contribution in [1.82, 2.24) is 5.32 Å². The Morgan fingerprint density at radius 2 is 2.10 bits per heavy atom. The summed E-state index contributed by atoms with van der Waals surface area (Å²) in [7, 11) is 0. The van der Waals surface area contributed by atoms with Crippen molar-refractivity contribution in [3.05, 3.63) is 33.9 Å². The molecular formula is C16H24N2O3. The van der Waals surface area contributed by atoms with Crippen LogP contribution in [0.1, 0.15) is 45.6 Å². The molecule has 5 nitrogen and oxygen atoms in total. The van der Waals surface area contributed by atoms with E-state index in [1.54, 1.807) is 12.1 Å². The standard InChI is InChI=1S/C16H24N2O3/c1-16(2,3)17-11-13-6-7-15(14(10-13)18(19)20)21-9-8-12-4-5-12/h6-7,10,12,17H,4-5,8-9,11H2,1-3H3. The van der Waals surface area contributed by atoms with Crippen LogP contribution in [0.15, 0.2) is 18.2 Å². The topological polar surface area (TPSA) is 64.4 Å². The van der Waals surface area contributed by atoms with Crippen molar-refractivity contribution in [1.29, 1.82) is 0 Å². The Kier molecular flexibility index (Phi) is 4.83. The molecule has 1 aromatic carbocycles. The molecule has 2 rings (SSSR count). The Bertz CT molecular complexity index is 505. The van der Waals surface area contributed by atoms with Crippen LogP contribution in [-0.4, -0.2) is 17.1 Å². The molecule has 0 heterocycles. The highest BCUT2D eigenvalue weighted by Crippen LogP contribution is 2.33. The Morgan fingerprint density at radius 3 is 2.67 bits per heavy atom. The summed E-state index contributed by atoms with van der Waals surface area (Å²) in [5.74, 6) is 1.14. The van der Waals surface area contributed by atoms with Gasteiger partial charge in [-0.2, -0.15) is 0 Å². The second kappa shape index (κ2) is 6.43. The summed E-state index contributed by atoms with van der Waals surface area (Å²) in [5, 5.41) is 14.5. The fraction of sp³-hybridized carbons (Fsp3) is 0.625. The molecule has 0 amide bonds. The Labute approximate surface area is 125 Å². The van der Waals surface area contributed by atoms with Gasteiger partial charge in [0.1, 0.15) is 0 Å². The zero-order chi connectivity index (χ0) is 15.5. The summed E-state index contributed by atoms with van der Waals surface area (Å²) >= 11 is 0. The summed E-state index contributed by atoms with van der Waals surface area (Å²) in [5.41, 5.74) is 0.930. The van der Waals surface area contributed by atoms with Crippen molar-refractivity contribution >= 4 is 5.69 Å². The van der Waals surface area contributed by atoms with Crippen LogP contribution in [0.3, 0.4) is 0 Å². The number of hydrogen-bond acceptors (Lipinski definition) is 4. The van der Waals surface area contributed by atoms with Crippen molar-refractivity contribution in [2.45, 2.75) is 52.1 Å². The van der Waals surface area contributed by atoms with E-state index in [0.29, 0.717) is 18.9 Å². The van der Waals surface area contributed by atoms with Gasteiger partial charge in [-0.05, 0) is 44.7 Å². The molecule has 0 unspecified atom stereocenters. The van der Waals surface area contributed by atoms with E-state index in [-0.39, 0.29) is 16.1 Å². The van der Waals surface area contributed by atoms with E-state index in [1.165, 1.54) is 12.8 Å². The first kappa shape index (κ1) is 15.8. The molecule has 0 spiro atoms. The van der Waals surface area contributed by atoms with Crippen LogP contribution < -0.4 is 10.1 Å². The zero-order valence-corrected chi connectivity index (χ0v) is 13.0. The van der Waals surface area contributed by atoms with E-state index >= 15 is 0 Å². The van der Waals surface area contributed by atoms with Gasteiger partial charge in [-0.3, -0.25) is 10.1 Å². The predicted molar refractivity (Wildman–Crippen MR) is 82.5 cm³/mol. The summed E-state index contributed by atoms with van der Waals surface area (Å²) in [6.45, 7) is 7.36. The van der Waals surface area contributed by atoms with Crippen LogP contribution in [0.2, 0.25) is 0 Å². The Hall–Kier alpha value is -1.62. The average molecular weight is 292 g/mol. The van der Waals surface area contributed by atoms with E-state index in [1.807, 2.05) is 6.07 Å². The van der Waals surface area contributed by atoms with Crippen LogP contribution in [0.5, 0.6) is 5.75 Å². The van der Waals surface area contributed by atoms with Crippen LogP contribution in [-0.2, 0) is 6.54 Å². The summed E-state index contributed by atoms with van der Waals surface area (Å²) in [6.07, 6.45) is 3.52. The second-order valence-corrected chi connectivity index (χ2v) is 6.74. The van der Waals surface area contributed by atoms with Gasteiger partial charge in [0.15, 0.2) is 5.75 Å². The van der Waals surface area contributed by atoms with Crippen LogP contribution in [0, 0.1) is 16.0 Å². The van der Waals surface area contributed by atoms with Gasteiger partial charge in [0, 0.05) is 18.2 Å². The highest BCUT2D eigenvalue weighted by molar-refractivity contribution is 5.48. The number of nitro groups is 1. The van der Waals surface area contributed by atoms with E-state index in [4.69, 9.17) is 4.74 Å². The summed E-state index contributed by atoms with van der Waals surface area (Å²) < 4.78 is 5.59.